The topological polar surface area (TPSA) is 78.4 Å². The highest BCUT2D eigenvalue weighted by Gasteiger charge is 2.27. The fraction of sp³-hybridized carbons (Fsp3) is 0.684. The molecule has 2 aliphatic rings. The molecule has 7 nitrogen and oxygen atoms in total. The van der Waals surface area contributed by atoms with Gasteiger partial charge < -0.3 is 10.2 Å². The number of amides is 2. The predicted molar refractivity (Wildman–Crippen MR) is 98.3 cm³/mol. The number of carbonyl (C=O) groups is 2. The maximum Gasteiger partial charge on any atom is 0.239 e. The van der Waals surface area contributed by atoms with E-state index in [2.05, 4.69) is 27.2 Å². The number of rotatable bonds is 5. The molecule has 0 spiro atoms. The van der Waals surface area contributed by atoms with Gasteiger partial charge in [-0.3, -0.25) is 14.5 Å². The van der Waals surface area contributed by atoms with Crippen LogP contribution in [0.4, 0.5) is 0 Å². The minimum atomic E-state index is -0.119. The van der Waals surface area contributed by atoms with Gasteiger partial charge in [0.1, 0.15) is 5.82 Å². The number of aromatic nitrogens is 2. The molecule has 0 bridgehead atoms. The number of nitrogens with zero attached hydrogens (tertiary/aromatic N) is 4. The first-order valence-corrected chi connectivity index (χ1v) is 9.61. The van der Waals surface area contributed by atoms with Crippen LogP contribution in [0.3, 0.4) is 0 Å². The van der Waals surface area contributed by atoms with Crippen molar-refractivity contribution >= 4 is 11.8 Å². The lowest BCUT2D eigenvalue weighted by atomic mass is 10.1. The van der Waals surface area contributed by atoms with Crippen LogP contribution >= 0.6 is 0 Å². The molecule has 0 aromatic carbocycles. The smallest absolute Gasteiger partial charge is 0.239 e. The first kappa shape index (κ1) is 18.8. The predicted octanol–water partition coefficient (Wildman–Crippen LogP) is 1.57. The standard InChI is InChI=1S/C19H29N5O2/c1-14-20-11-15(19(22-14)16-7-6-9-23(16)2)12-21-17(25)13-24-10-5-3-4-8-18(24)26/h11,16H,3-10,12-13H2,1-2H3,(H,21,25)/t16-/m1/s1. The Morgan fingerprint density at radius 3 is 2.88 bits per heavy atom. The number of nitrogens with one attached hydrogen (secondary N) is 1. The molecule has 0 saturated carbocycles. The Labute approximate surface area is 155 Å². The zero-order valence-corrected chi connectivity index (χ0v) is 15.8. The third-order valence-electron chi connectivity index (χ3n) is 5.34. The van der Waals surface area contributed by atoms with Crippen molar-refractivity contribution in [1.82, 2.24) is 25.1 Å². The fourth-order valence-corrected chi connectivity index (χ4v) is 3.82. The highest BCUT2D eigenvalue weighted by molar-refractivity contribution is 5.84. The molecule has 2 saturated heterocycles. The van der Waals surface area contributed by atoms with Crippen LogP contribution in [-0.2, 0) is 16.1 Å². The Hall–Kier alpha value is -2.02. The lowest BCUT2D eigenvalue weighted by Crippen LogP contribution is -2.40. The van der Waals surface area contributed by atoms with Crippen LogP contribution in [0.2, 0.25) is 0 Å². The Morgan fingerprint density at radius 2 is 2.12 bits per heavy atom. The van der Waals surface area contributed by atoms with Crippen molar-refractivity contribution in [3.8, 4) is 0 Å². The summed E-state index contributed by atoms with van der Waals surface area (Å²) < 4.78 is 0. The highest BCUT2D eigenvalue weighted by Crippen LogP contribution is 2.31. The molecule has 3 rings (SSSR count). The van der Waals surface area contributed by atoms with Crippen LogP contribution in [-0.4, -0.2) is 58.3 Å². The third kappa shape index (κ3) is 4.58. The average Bonchev–Trinajstić information content (AvgIpc) is 2.94. The van der Waals surface area contributed by atoms with Gasteiger partial charge in [0, 0.05) is 31.3 Å². The minimum Gasteiger partial charge on any atom is -0.350 e. The molecule has 7 heteroatoms. The van der Waals surface area contributed by atoms with E-state index >= 15 is 0 Å². The summed E-state index contributed by atoms with van der Waals surface area (Å²) in [5, 5.41) is 2.95. The normalized spacial score (nSPS) is 21.7. The summed E-state index contributed by atoms with van der Waals surface area (Å²) in [4.78, 5) is 37.3. The lowest BCUT2D eigenvalue weighted by molar-refractivity contribution is -0.135. The van der Waals surface area contributed by atoms with Crippen molar-refractivity contribution in [3.63, 3.8) is 0 Å². The molecule has 2 aliphatic heterocycles. The van der Waals surface area contributed by atoms with Crippen LogP contribution in [0.15, 0.2) is 6.20 Å². The van der Waals surface area contributed by atoms with Gasteiger partial charge in [-0.15, -0.1) is 0 Å². The van der Waals surface area contributed by atoms with Crippen LogP contribution < -0.4 is 5.32 Å². The van der Waals surface area contributed by atoms with E-state index in [9.17, 15) is 9.59 Å². The summed E-state index contributed by atoms with van der Waals surface area (Å²) in [6.45, 7) is 4.19. The minimum absolute atomic E-state index is 0.0876. The molecule has 2 amide bonds. The van der Waals surface area contributed by atoms with E-state index in [1.54, 1.807) is 4.90 Å². The fourth-order valence-electron chi connectivity index (χ4n) is 3.82. The van der Waals surface area contributed by atoms with E-state index in [1.165, 1.54) is 0 Å². The van der Waals surface area contributed by atoms with Gasteiger partial charge in [0.2, 0.25) is 11.8 Å². The highest BCUT2D eigenvalue weighted by atomic mass is 16.2. The maximum absolute atomic E-state index is 12.4. The zero-order valence-electron chi connectivity index (χ0n) is 15.8. The van der Waals surface area contributed by atoms with Crippen molar-refractivity contribution in [2.45, 2.75) is 58.0 Å². The molecule has 142 valence electrons. The van der Waals surface area contributed by atoms with Crippen LogP contribution in [0.25, 0.3) is 0 Å². The van der Waals surface area contributed by atoms with Gasteiger partial charge >= 0.3 is 0 Å². The summed E-state index contributed by atoms with van der Waals surface area (Å²) in [7, 11) is 2.11. The molecule has 0 unspecified atom stereocenters. The maximum atomic E-state index is 12.4. The molecule has 0 aliphatic carbocycles. The molecule has 0 radical (unpaired) electrons. The van der Waals surface area contributed by atoms with Crippen LogP contribution in [0.5, 0.6) is 0 Å². The van der Waals surface area contributed by atoms with Gasteiger partial charge in [0.25, 0.3) is 0 Å². The van der Waals surface area contributed by atoms with Gasteiger partial charge in [-0.2, -0.15) is 0 Å². The van der Waals surface area contributed by atoms with Gasteiger partial charge in [-0.05, 0) is 46.2 Å². The Bertz CT molecular complexity index is 663. The zero-order chi connectivity index (χ0) is 18.5. The van der Waals surface area contributed by atoms with Crippen molar-refractivity contribution in [1.29, 1.82) is 0 Å². The van der Waals surface area contributed by atoms with Crippen LogP contribution in [0.1, 0.15) is 61.6 Å². The lowest BCUT2D eigenvalue weighted by Gasteiger charge is -2.22. The average molecular weight is 359 g/mol. The monoisotopic (exact) mass is 359 g/mol. The first-order valence-electron chi connectivity index (χ1n) is 9.61. The molecule has 3 heterocycles. The summed E-state index contributed by atoms with van der Waals surface area (Å²) in [5.74, 6) is 0.724. The quantitative estimate of drug-likeness (QED) is 0.863. The Morgan fingerprint density at radius 1 is 1.27 bits per heavy atom. The number of aryl methyl sites for hydroxylation is 1. The van der Waals surface area contributed by atoms with E-state index in [0.717, 1.165) is 55.7 Å². The molecule has 26 heavy (non-hydrogen) atoms. The van der Waals surface area contributed by atoms with Gasteiger partial charge in [0.05, 0.1) is 18.3 Å². The Balaban J connectivity index is 1.62. The van der Waals surface area contributed by atoms with Crippen molar-refractivity contribution in [2.24, 2.45) is 0 Å². The first-order chi connectivity index (χ1) is 12.5. The van der Waals surface area contributed by atoms with Gasteiger partial charge in [-0.25, -0.2) is 9.97 Å². The third-order valence-corrected chi connectivity index (χ3v) is 5.34. The van der Waals surface area contributed by atoms with Gasteiger partial charge in [-0.1, -0.05) is 6.42 Å². The number of hydrogen-bond donors (Lipinski definition) is 1. The summed E-state index contributed by atoms with van der Waals surface area (Å²) in [5.41, 5.74) is 1.98. The largest absolute Gasteiger partial charge is 0.350 e. The number of hydrogen-bond acceptors (Lipinski definition) is 5. The summed E-state index contributed by atoms with van der Waals surface area (Å²) >= 11 is 0. The Kier molecular flexibility index (Phi) is 6.19. The summed E-state index contributed by atoms with van der Waals surface area (Å²) in [6, 6.07) is 0.288. The molecule has 1 N–H and O–H groups in total. The van der Waals surface area contributed by atoms with Crippen molar-refractivity contribution in [2.75, 3.05) is 26.7 Å². The molecular formula is C19H29N5O2. The SMILES string of the molecule is Cc1ncc(CNC(=O)CN2CCCCCC2=O)c([C@H]2CCCN2C)n1. The van der Waals surface area contributed by atoms with E-state index in [4.69, 9.17) is 0 Å². The van der Waals surface area contributed by atoms with E-state index in [0.29, 0.717) is 19.5 Å². The van der Waals surface area contributed by atoms with Crippen LogP contribution in [0, 0.1) is 6.92 Å². The molecule has 1 atom stereocenters. The summed E-state index contributed by atoms with van der Waals surface area (Å²) in [6.07, 6.45) is 7.57. The van der Waals surface area contributed by atoms with E-state index < -0.39 is 0 Å². The number of carbonyl (C=O) groups excluding carboxylic acids is 2. The van der Waals surface area contributed by atoms with Crippen molar-refractivity contribution in [3.05, 3.63) is 23.3 Å². The molecule has 1 aromatic heterocycles. The second kappa shape index (κ2) is 8.58. The molecule has 2 fully saturated rings. The number of likely N-dealkylation sites (tertiary alicyclic amines) is 2. The van der Waals surface area contributed by atoms with Crippen molar-refractivity contribution < 1.29 is 9.59 Å². The molecule has 1 aromatic rings. The van der Waals surface area contributed by atoms with Gasteiger partial charge in [0.15, 0.2) is 0 Å². The molecular weight excluding hydrogens is 330 g/mol. The van der Waals surface area contributed by atoms with E-state index in [1.807, 2.05) is 13.1 Å². The second-order valence-electron chi connectivity index (χ2n) is 7.37. The van der Waals surface area contributed by atoms with E-state index in [-0.39, 0.29) is 24.4 Å². The second-order valence-corrected chi connectivity index (χ2v) is 7.37.